The van der Waals surface area contributed by atoms with Crippen LogP contribution in [0.15, 0.2) is 0 Å². The molecule has 0 radical (unpaired) electrons. The van der Waals surface area contributed by atoms with Crippen molar-refractivity contribution < 1.29 is 9.59 Å². The summed E-state index contributed by atoms with van der Waals surface area (Å²) >= 11 is 0. The van der Waals surface area contributed by atoms with Crippen molar-refractivity contribution in [2.45, 2.75) is 169 Å². The Morgan fingerprint density at radius 1 is 0.405 bits per heavy atom. The zero-order valence-corrected chi connectivity index (χ0v) is 28.9. The van der Waals surface area contributed by atoms with E-state index in [0.717, 1.165) is 39.3 Å². The van der Waals surface area contributed by atoms with E-state index in [1.165, 1.54) is 128 Å². The summed E-state index contributed by atoms with van der Waals surface area (Å²) in [6.07, 6.45) is 27.7. The first-order valence-electron chi connectivity index (χ1n) is 18.5. The second-order valence-corrected chi connectivity index (χ2v) is 12.4. The Kier molecular flexibility index (Phi) is 31.9. The number of rotatable bonds is 33. The largest absolute Gasteiger partial charge is 0.355 e. The van der Waals surface area contributed by atoms with Gasteiger partial charge in [0.15, 0.2) is 0 Å². The van der Waals surface area contributed by atoms with E-state index in [4.69, 9.17) is 0 Å². The SMILES string of the molecule is CCCCCCCCCCCCN(CC)CCNC(=O)CCC(=O)NCCN(CC)CCCCCCCCCCCC. The molecule has 0 bridgehead atoms. The minimum absolute atomic E-state index is 0.0173. The van der Waals surface area contributed by atoms with Gasteiger partial charge in [-0.2, -0.15) is 0 Å². The average molecular weight is 595 g/mol. The third-order valence-corrected chi connectivity index (χ3v) is 8.63. The van der Waals surface area contributed by atoms with Crippen molar-refractivity contribution in [1.29, 1.82) is 0 Å². The van der Waals surface area contributed by atoms with Gasteiger partial charge in [-0.1, -0.05) is 143 Å². The van der Waals surface area contributed by atoms with Crippen LogP contribution in [-0.4, -0.2) is 74.0 Å². The fraction of sp³-hybridized carbons (Fsp3) is 0.944. The Morgan fingerprint density at radius 3 is 0.976 bits per heavy atom. The van der Waals surface area contributed by atoms with Gasteiger partial charge in [0.1, 0.15) is 0 Å². The van der Waals surface area contributed by atoms with Crippen molar-refractivity contribution in [2.75, 3.05) is 52.4 Å². The predicted molar refractivity (Wildman–Crippen MR) is 183 cm³/mol. The molecule has 42 heavy (non-hydrogen) atoms. The smallest absolute Gasteiger partial charge is 0.220 e. The second-order valence-electron chi connectivity index (χ2n) is 12.4. The van der Waals surface area contributed by atoms with Crippen molar-refractivity contribution in [3.05, 3.63) is 0 Å². The topological polar surface area (TPSA) is 64.7 Å². The van der Waals surface area contributed by atoms with E-state index >= 15 is 0 Å². The molecular formula is C36H74N4O2. The van der Waals surface area contributed by atoms with Crippen LogP contribution in [0.3, 0.4) is 0 Å². The highest BCUT2D eigenvalue weighted by Crippen LogP contribution is 2.12. The van der Waals surface area contributed by atoms with Crippen LogP contribution in [0.25, 0.3) is 0 Å². The summed E-state index contributed by atoms with van der Waals surface area (Å²) in [4.78, 5) is 29.3. The maximum absolute atomic E-state index is 12.2. The van der Waals surface area contributed by atoms with Gasteiger partial charge in [-0.05, 0) is 39.0 Å². The van der Waals surface area contributed by atoms with Gasteiger partial charge in [-0.25, -0.2) is 0 Å². The summed E-state index contributed by atoms with van der Waals surface area (Å²) in [5.41, 5.74) is 0. The maximum Gasteiger partial charge on any atom is 0.220 e. The molecule has 0 unspecified atom stereocenters. The molecule has 2 N–H and O–H groups in total. The van der Waals surface area contributed by atoms with Crippen LogP contribution < -0.4 is 10.6 Å². The Hall–Kier alpha value is -1.14. The van der Waals surface area contributed by atoms with Crippen molar-refractivity contribution in [3.8, 4) is 0 Å². The van der Waals surface area contributed by atoms with Crippen LogP contribution in [0.5, 0.6) is 0 Å². The summed E-state index contributed by atoms with van der Waals surface area (Å²) in [5.74, 6) is -0.0347. The first kappa shape index (κ1) is 40.9. The summed E-state index contributed by atoms with van der Waals surface area (Å²) in [5, 5.41) is 6.02. The molecule has 0 fully saturated rings. The molecule has 0 spiro atoms. The second kappa shape index (κ2) is 32.8. The molecule has 0 atom stereocenters. The van der Waals surface area contributed by atoms with E-state index in [-0.39, 0.29) is 24.7 Å². The van der Waals surface area contributed by atoms with Crippen LogP contribution in [0, 0.1) is 0 Å². The number of nitrogens with one attached hydrogen (secondary N) is 2. The maximum atomic E-state index is 12.2. The predicted octanol–water partition coefficient (Wildman–Crippen LogP) is 8.48. The molecule has 0 aliphatic carbocycles. The average Bonchev–Trinajstić information content (AvgIpc) is 3.00. The molecule has 0 aromatic rings. The molecule has 0 rings (SSSR count). The summed E-state index contributed by atoms with van der Waals surface area (Å²) in [6, 6.07) is 0. The lowest BCUT2D eigenvalue weighted by Gasteiger charge is -2.21. The number of likely N-dealkylation sites (N-methyl/N-ethyl adjacent to an activating group) is 2. The van der Waals surface area contributed by atoms with Gasteiger partial charge in [-0.3, -0.25) is 9.59 Å². The number of amides is 2. The minimum Gasteiger partial charge on any atom is -0.355 e. The Morgan fingerprint density at radius 2 is 0.690 bits per heavy atom. The van der Waals surface area contributed by atoms with Crippen molar-refractivity contribution in [3.63, 3.8) is 0 Å². The van der Waals surface area contributed by atoms with Gasteiger partial charge in [0.05, 0.1) is 0 Å². The molecule has 250 valence electrons. The molecular weight excluding hydrogens is 520 g/mol. The third-order valence-electron chi connectivity index (χ3n) is 8.63. The summed E-state index contributed by atoms with van der Waals surface area (Å²) < 4.78 is 0. The third kappa shape index (κ3) is 29.0. The molecule has 0 saturated heterocycles. The lowest BCUT2D eigenvalue weighted by atomic mass is 10.1. The summed E-state index contributed by atoms with van der Waals surface area (Å²) in [7, 11) is 0. The van der Waals surface area contributed by atoms with Gasteiger partial charge >= 0.3 is 0 Å². The van der Waals surface area contributed by atoms with E-state index in [2.05, 4.69) is 48.1 Å². The highest BCUT2D eigenvalue weighted by molar-refractivity contribution is 5.83. The van der Waals surface area contributed by atoms with E-state index in [1.807, 2.05) is 0 Å². The minimum atomic E-state index is -0.0173. The Bertz CT molecular complexity index is 537. The number of carbonyl (C=O) groups excluding carboxylic acids is 2. The van der Waals surface area contributed by atoms with Gasteiger partial charge in [0.25, 0.3) is 0 Å². The van der Waals surface area contributed by atoms with Crippen molar-refractivity contribution in [2.24, 2.45) is 0 Å². The first-order valence-corrected chi connectivity index (χ1v) is 18.5. The molecule has 6 heteroatoms. The van der Waals surface area contributed by atoms with Crippen LogP contribution >= 0.6 is 0 Å². The fourth-order valence-electron chi connectivity index (χ4n) is 5.61. The number of hydrogen-bond donors (Lipinski definition) is 2. The number of carbonyl (C=O) groups is 2. The standard InChI is InChI=1S/C36H74N4O2/c1-5-9-11-13-15-17-19-21-23-25-31-39(7-3)33-29-37-35(41)27-28-36(42)38-30-34-40(8-4)32-26-24-22-20-18-16-14-12-10-6-2/h5-34H2,1-4H3,(H,37,41)(H,38,42). The number of nitrogens with zero attached hydrogens (tertiary/aromatic N) is 2. The zero-order valence-electron chi connectivity index (χ0n) is 28.9. The van der Waals surface area contributed by atoms with Crippen molar-refractivity contribution in [1.82, 2.24) is 20.4 Å². The quantitative estimate of drug-likeness (QED) is 0.0748. The van der Waals surface area contributed by atoms with E-state index in [0.29, 0.717) is 13.1 Å². The molecule has 0 heterocycles. The molecule has 2 amide bonds. The van der Waals surface area contributed by atoms with E-state index in [9.17, 15) is 9.59 Å². The van der Waals surface area contributed by atoms with Gasteiger partial charge in [0, 0.05) is 39.0 Å². The van der Waals surface area contributed by atoms with E-state index < -0.39 is 0 Å². The molecule has 0 aromatic carbocycles. The van der Waals surface area contributed by atoms with E-state index in [1.54, 1.807) is 0 Å². The van der Waals surface area contributed by atoms with Gasteiger partial charge in [-0.15, -0.1) is 0 Å². The van der Waals surface area contributed by atoms with Crippen LogP contribution in [0.1, 0.15) is 169 Å². The molecule has 0 aliphatic heterocycles. The lowest BCUT2D eigenvalue weighted by Crippen LogP contribution is -2.37. The molecule has 0 aliphatic rings. The molecule has 0 aromatic heterocycles. The monoisotopic (exact) mass is 595 g/mol. The lowest BCUT2D eigenvalue weighted by molar-refractivity contribution is -0.126. The molecule has 0 saturated carbocycles. The van der Waals surface area contributed by atoms with Crippen LogP contribution in [0.2, 0.25) is 0 Å². The van der Waals surface area contributed by atoms with Gasteiger partial charge < -0.3 is 20.4 Å². The number of hydrogen-bond acceptors (Lipinski definition) is 4. The molecule has 6 nitrogen and oxygen atoms in total. The van der Waals surface area contributed by atoms with Crippen LogP contribution in [-0.2, 0) is 9.59 Å². The summed E-state index contributed by atoms with van der Waals surface area (Å²) in [6.45, 7) is 16.3. The highest BCUT2D eigenvalue weighted by Gasteiger charge is 2.09. The van der Waals surface area contributed by atoms with Crippen molar-refractivity contribution >= 4 is 11.8 Å². The Labute approximate surface area is 262 Å². The van der Waals surface area contributed by atoms with Crippen LogP contribution in [0.4, 0.5) is 0 Å². The fourth-order valence-corrected chi connectivity index (χ4v) is 5.61. The van der Waals surface area contributed by atoms with Gasteiger partial charge in [0.2, 0.25) is 11.8 Å². The zero-order chi connectivity index (χ0) is 30.9. The Balaban J connectivity index is 3.70. The highest BCUT2D eigenvalue weighted by atomic mass is 16.2. The normalized spacial score (nSPS) is 11.5. The first-order chi connectivity index (χ1) is 20.6. The number of unbranched alkanes of at least 4 members (excludes halogenated alkanes) is 18.